The molecule has 0 saturated carbocycles. The molecule has 3 rings (SSSR count). The van der Waals surface area contributed by atoms with E-state index < -0.39 is 0 Å². The van der Waals surface area contributed by atoms with E-state index in [9.17, 15) is 9.59 Å². The molecule has 1 aromatic heterocycles. The first kappa shape index (κ1) is 20.6. The summed E-state index contributed by atoms with van der Waals surface area (Å²) in [5, 5.41) is 6.35. The van der Waals surface area contributed by atoms with E-state index in [-0.39, 0.29) is 18.0 Å². The van der Waals surface area contributed by atoms with Gasteiger partial charge in [-0.05, 0) is 62.9 Å². The van der Waals surface area contributed by atoms with Gasteiger partial charge in [0.1, 0.15) is 5.69 Å². The lowest BCUT2D eigenvalue weighted by Crippen LogP contribution is -2.46. The number of piperidine rings is 1. The van der Waals surface area contributed by atoms with Crippen molar-refractivity contribution in [2.75, 3.05) is 25.0 Å². The number of aryl methyl sites for hydroxylation is 2. The summed E-state index contributed by atoms with van der Waals surface area (Å²) in [6.07, 6.45) is 2.79. The maximum absolute atomic E-state index is 12.5. The Labute approximate surface area is 171 Å². The van der Waals surface area contributed by atoms with Gasteiger partial charge in [0.2, 0.25) is 0 Å². The molecule has 1 fully saturated rings. The van der Waals surface area contributed by atoms with Gasteiger partial charge in [-0.25, -0.2) is 9.78 Å². The highest BCUT2D eigenvalue weighted by Crippen LogP contribution is 2.21. The summed E-state index contributed by atoms with van der Waals surface area (Å²) in [5.74, 6) is -0.196. The molecule has 0 radical (unpaired) electrons. The topological polar surface area (TPSA) is 83.6 Å². The number of nitrogens with one attached hydrogen (secondary N) is 2. The van der Waals surface area contributed by atoms with Gasteiger partial charge in [0.15, 0.2) is 0 Å². The summed E-state index contributed by atoms with van der Waals surface area (Å²) in [5.41, 5.74) is 4.56. The van der Waals surface area contributed by atoms with E-state index in [2.05, 4.69) is 33.8 Å². The maximum atomic E-state index is 12.5. The van der Waals surface area contributed by atoms with Crippen LogP contribution in [-0.2, 0) is 4.74 Å². The molecule has 1 aliphatic rings. The van der Waals surface area contributed by atoms with Gasteiger partial charge in [-0.15, -0.1) is 0 Å². The summed E-state index contributed by atoms with van der Waals surface area (Å²) in [7, 11) is 0. The number of carbonyl (C=O) groups is 2. The summed E-state index contributed by atoms with van der Waals surface area (Å²) >= 11 is 0. The van der Waals surface area contributed by atoms with E-state index in [1.807, 2.05) is 19.9 Å². The van der Waals surface area contributed by atoms with Crippen LogP contribution < -0.4 is 10.6 Å². The molecule has 29 heavy (non-hydrogen) atoms. The molecule has 0 spiro atoms. The SMILES string of the molecule is CCOC(=O)N1CCC(NC(=O)c2ccc(Nc3cc(C)ccc3C)cn2)CC1. The van der Waals surface area contributed by atoms with Crippen LogP contribution in [0.1, 0.15) is 41.4 Å². The first-order valence-electron chi connectivity index (χ1n) is 9.99. The number of amides is 2. The van der Waals surface area contributed by atoms with E-state index in [0.29, 0.717) is 38.2 Å². The second kappa shape index (κ2) is 9.41. The van der Waals surface area contributed by atoms with Crippen molar-refractivity contribution >= 4 is 23.4 Å². The van der Waals surface area contributed by atoms with Crippen LogP contribution in [0.15, 0.2) is 36.5 Å². The lowest BCUT2D eigenvalue weighted by Gasteiger charge is -2.31. The quantitative estimate of drug-likeness (QED) is 0.803. The van der Waals surface area contributed by atoms with E-state index in [1.165, 1.54) is 5.56 Å². The summed E-state index contributed by atoms with van der Waals surface area (Å²) in [6, 6.07) is 9.83. The van der Waals surface area contributed by atoms with Crippen molar-refractivity contribution in [1.29, 1.82) is 0 Å². The molecule has 7 heteroatoms. The molecule has 1 aromatic carbocycles. The van der Waals surface area contributed by atoms with Gasteiger partial charge in [0.25, 0.3) is 5.91 Å². The van der Waals surface area contributed by atoms with E-state index >= 15 is 0 Å². The molecule has 1 saturated heterocycles. The molecule has 0 unspecified atom stereocenters. The highest BCUT2D eigenvalue weighted by Gasteiger charge is 2.25. The lowest BCUT2D eigenvalue weighted by molar-refractivity contribution is 0.0856. The van der Waals surface area contributed by atoms with Gasteiger partial charge >= 0.3 is 6.09 Å². The average Bonchev–Trinajstić information content (AvgIpc) is 2.72. The Morgan fingerprint density at radius 1 is 1.17 bits per heavy atom. The Bertz CT molecular complexity index is 859. The summed E-state index contributed by atoms with van der Waals surface area (Å²) in [4.78, 5) is 30.2. The third-order valence-corrected chi connectivity index (χ3v) is 5.02. The highest BCUT2D eigenvalue weighted by atomic mass is 16.6. The van der Waals surface area contributed by atoms with Gasteiger partial charge in [-0.3, -0.25) is 4.79 Å². The largest absolute Gasteiger partial charge is 0.450 e. The molecule has 154 valence electrons. The van der Waals surface area contributed by atoms with Gasteiger partial charge in [-0.2, -0.15) is 0 Å². The standard InChI is InChI=1S/C22H28N4O3/c1-4-29-22(28)26-11-9-17(10-12-26)25-21(27)19-8-7-18(14-23-19)24-20-13-15(2)5-6-16(20)3/h5-8,13-14,17,24H,4,9-12H2,1-3H3,(H,25,27). The van der Waals surface area contributed by atoms with Crippen molar-refractivity contribution in [2.45, 2.75) is 39.7 Å². The first-order valence-corrected chi connectivity index (χ1v) is 9.99. The molecule has 2 N–H and O–H groups in total. The Morgan fingerprint density at radius 2 is 1.93 bits per heavy atom. The fraction of sp³-hybridized carbons (Fsp3) is 0.409. The zero-order valence-corrected chi connectivity index (χ0v) is 17.2. The molecule has 7 nitrogen and oxygen atoms in total. The van der Waals surface area contributed by atoms with Crippen molar-refractivity contribution in [2.24, 2.45) is 0 Å². The first-order chi connectivity index (χ1) is 14.0. The Kier molecular flexibility index (Phi) is 6.69. The molecule has 2 heterocycles. The molecule has 2 aromatic rings. The number of rotatable bonds is 5. The Hall–Kier alpha value is -3.09. The molecule has 1 aliphatic heterocycles. The molecule has 0 bridgehead atoms. The number of anilines is 2. The van der Waals surface area contributed by atoms with Gasteiger partial charge in [0.05, 0.1) is 18.5 Å². The third kappa shape index (κ3) is 5.47. The zero-order chi connectivity index (χ0) is 20.8. The fourth-order valence-corrected chi connectivity index (χ4v) is 3.31. The Balaban J connectivity index is 1.53. The zero-order valence-electron chi connectivity index (χ0n) is 17.2. The van der Waals surface area contributed by atoms with Crippen LogP contribution in [0.4, 0.5) is 16.2 Å². The minimum atomic E-state index is -0.286. The summed E-state index contributed by atoms with van der Waals surface area (Å²) in [6.45, 7) is 7.42. The molecular weight excluding hydrogens is 368 g/mol. The van der Waals surface area contributed by atoms with Crippen molar-refractivity contribution < 1.29 is 14.3 Å². The van der Waals surface area contributed by atoms with Crippen LogP contribution in [0.3, 0.4) is 0 Å². The van der Waals surface area contributed by atoms with Crippen molar-refractivity contribution in [3.05, 3.63) is 53.3 Å². The van der Waals surface area contributed by atoms with E-state index in [1.54, 1.807) is 24.1 Å². The molecule has 0 aliphatic carbocycles. The smallest absolute Gasteiger partial charge is 0.409 e. The maximum Gasteiger partial charge on any atom is 0.409 e. The molecular formula is C22H28N4O3. The normalized spacial score (nSPS) is 14.4. The van der Waals surface area contributed by atoms with Gasteiger partial charge < -0.3 is 20.3 Å². The van der Waals surface area contributed by atoms with Crippen LogP contribution in [-0.4, -0.2) is 47.6 Å². The molecule has 2 amide bonds. The summed E-state index contributed by atoms with van der Waals surface area (Å²) < 4.78 is 5.02. The minimum absolute atomic E-state index is 0.0303. The fourth-order valence-electron chi connectivity index (χ4n) is 3.31. The van der Waals surface area contributed by atoms with Crippen molar-refractivity contribution in [1.82, 2.24) is 15.2 Å². The number of ether oxygens (including phenoxy) is 1. The van der Waals surface area contributed by atoms with Crippen LogP contribution in [0.2, 0.25) is 0 Å². The Morgan fingerprint density at radius 3 is 2.59 bits per heavy atom. The molecule has 0 atom stereocenters. The van der Waals surface area contributed by atoms with Crippen LogP contribution >= 0.6 is 0 Å². The average molecular weight is 396 g/mol. The van der Waals surface area contributed by atoms with Gasteiger partial charge in [-0.1, -0.05) is 12.1 Å². The lowest BCUT2D eigenvalue weighted by atomic mass is 10.1. The van der Waals surface area contributed by atoms with Crippen molar-refractivity contribution in [3.63, 3.8) is 0 Å². The number of pyridine rings is 1. The number of likely N-dealkylation sites (tertiary alicyclic amines) is 1. The second-order valence-electron chi connectivity index (χ2n) is 7.31. The third-order valence-electron chi connectivity index (χ3n) is 5.02. The van der Waals surface area contributed by atoms with Crippen LogP contribution in [0.25, 0.3) is 0 Å². The second-order valence-corrected chi connectivity index (χ2v) is 7.31. The monoisotopic (exact) mass is 396 g/mol. The van der Waals surface area contributed by atoms with Crippen LogP contribution in [0, 0.1) is 13.8 Å². The van der Waals surface area contributed by atoms with Gasteiger partial charge in [0, 0.05) is 24.8 Å². The number of aromatic nitrogens is 1. The number of hydrogen-bond acceptors (Lipinski definition) is 5. The van der Waals surface area contributed by atoms with E-state index in [4.69, 9.17) is 4.74 Å². The number of carbonyl (C=O) groups excluding carboxylic acids is 2. The number of nitrogens with zero attached hydrogens (tertiary/aromatic N) is 2. The predicted molar refractivity (Wildman–Crippen MR) is 113 cm³/mol. The number of hydrogen-bond donors (Lipinski definition) is 2. The minimum Gasteiger partial charge on any atom is -0.450 e. The highest BCUT2D eigenvalue weighted by molar-refractivity contribution is 5.92. The van der Waals surface area contributed by atoms with E-state index in [0.717, 1.165) is 16.9 Å². The number of benzene rings is 1. The van der Waals surface area contributed by atoms with Crippen molar-refractivity contribution in [3.8, 4) is 0 Å². The predicted octanol–water partition coefficient (Wildman–Crippen LogP) is 3.79. The van der Waals surface area contributed by atoms with Crippen LogP contribution in [0.5, 0.6) is 0 Å².